The predicted molar refractivity (Wildman–Crippen MR) is 41.1 cm³/mol. The molecule has 11 heavy (non-hydrogen) atoms. The van der Waals surface area contributed by atoms with Gasteiger partial charge in [-0.25, -0.2) is 0 Å². The predicted octanol–water partition coefficient (Wildman–Crippen LogP) is 1.13. The van der Waals surface area contributed by atoms with Crippen molar-refractivity contribution in [3.05, 3.63) is 0 Å². The van der Waals surface area contributed by atoms with Crippen molar-refractivity contribution in [2.45, 2.75) is 32.1 Å². The van der Waals surface area contributed by atoms with E-state index < -0.39 is 0 Å². The molecule has 0 aliphatic heterocycles. The standard InChI is InChI=1S/C9H14O2/c10-6-9-3-1-7(2-4-9)8(11)5-9/h7,10H,1-6H2. The normalized spacial score (nSPS) is 43.0. The van der Waals surface area contributed by atoms with Gasteiger partial charge in [-0.2, -0.15) is 0 Å². The van der Waals surface area contributed by atoms with Gasteiger partial charge >= 0.3 is 0 Å². The molecule has 3 saturated carbocycles. The Labute approximate surface area is 66.6 Å². The van der Waals surface area contributed by atoms with Crippen molar-refractivity contribution in [3.63, 3.8) is 0 Å². The fourth-order valence-electron chi connectivity index (χ4n) is 2.46. The Kier molecular flexibility index (Phi) is 1.53. The van der Waals surface area contributed by atoms with Crippen LogP contribution in [0.5, 0.6) is 0 Å². The second-order valence-corrected chi connectivity index (χ2v) is 4.08. The number of fused-ring (bicyclic) bond motifs is 3. The van der Waals surface area contributed by atoms with E-state index in [4.69, 9.17) is 5.11 Å². The zero-order valence-electron chi connectivity index (χ0n) is 6.68. The van der Waals surface area contributed by atoms with Gasteiger partial charge in [-0.1, -0.05) is 0 Å². The largest absolute Gasteiger partial charge is 0.396 e. The number of hydrogen-bond donors (Lipinski definition) is 1. The minimum Gasteiger partial charge on any atom is -0.396 e. The summed E-state index contributed by atoms with van der Waals surface area (Å²) in [7, 11) is 0. The molecule has 0 radical (unpaired) electrons. The molecule has 1 N–H and O–H groups in total. The Morgan fingerprint density at radius 1 is 1.45 bits per heavy atom. The molecule has 0 aromatic carbocycles. The third-order valence-electron chi connectivity index (χ3n) is 3.39. The maximum atomic E-state index is 11.3. The molecule has 0 saturated heterocycles. The van der Waals surface area contributed by atoms with Crippen molar-refractivity contribution in [2.75, 3.05) is 6.61 Å². The number of hydrogen-bond acceptors (Lipinski definition) is 2. The lowest BCUT2D eigenvalue weighted by atomic mass is 9.60. The average Bonchev–Trinajstić information content (AvgIpc) is 2.06. The molecule has 0 heterocycles. The van der Waals surface area contributed by atoms with Crippen LogP contribution in [0, 0.1) is 11.3 Å². The van der Waals surface area contributed by atoms with E-state index in [0.717, 1.165) is 25.7 Å². The van der Waals surface area contributed by atoms with Crippen LogP contribution in [0.1, 0.15) is 32.1 Å². The molecule has 3 rings (SSSR count). The molecule has 3 aliphatic rings. The van der Waals surface area contributed by atoms with Crippen molar-refractivity contribution in [1.29, 1.82) is 0 Å². The fraction of sp³-hybridized carbons (Fsp3) is 0.889. The van der Waals surface area contributed by atoms with Crippen LogP contribution in [0.2, 0.25) is 0 Å². The van der Waals surface area contributed by atoms with E-state index in [9.17, 15) is 4.79 Å². The van der Waals surface area contributed by atoms with Gasteiger partial charge in [-0.15, -0.1) is 0 Å². The van der Waals surface area contributed by atoms with Crippen LogP contribution in [-0.4, -0.2) is 17.5 Å². The first-order chi connectivity index (χ1) is 5.26. The first-order valence-corrected chi connectivity index (χ1v) is 4.39. The number of carbonyl (C=O) groups is 1. The van der Waals surface area contributed by atoms with E-state index >= 15 is 0 Å². The molecule has 2 heteroatoms. The Balaban J connectivity index is 2.18. The number of aliphatic hydroxyl groups excluding tert-OH is 1. The zero-order chi connectivity index (χ0) is 7.90. The Hall–Kier alpha value is -0.370. The minimum atomic E-state index is 0.00579. The Morgan fingerprint density at radius 2 is 2.09 bits per heavy atom. The number of rotatable bonds is 1. The Bertz CT molecular complexity index is 178. The topological polar surface area (TPSA) is 37.3 Å². The molecule has 0 atom stereocenters. The smallest absolute Gasteiger partial charge is 0.136 e. The van der Waals surface area contributed by atoms with Gasteiger partial charge in [0.05, 0.1) is 0 Å². The van der Waals surface area contributed by atoms with Crippen LogP contribution in [0.4, 0.5) is 0 Å². The van der Waals surface area contributed by atoms with Crippen molar-refractivity contribution >= 4 is 5.78 Å². The molecule has 0 aromatic rings. The maximum Gasteiger partial charge on any atom is 0.136 e. The monoisotopic (exact) mass is 154 g/mol. The molecule has 0 unspecified atom stereocenters. The SMILES string of the molecule is O=C1CC2(CO)CCC1CC2. The molecule has 3 fully saturated rings. The van der Waals surface area contributed by atoms with Gasteiger partial charge in [0.15, 0.2) is 0 Å². The molecule has 3 aliphatic carbocycles. The fourth-order valence-corrected chi connectivity index (χ4v) is 2.46. The quantitative estimate of drug-likeness (QED) is 0.614. The highest BCUT2D eigenvalue weighted by molar-refractivity contribution is 5.83. The highest BCUT2D eigenvalue weighted by Crippen LogP contribution is 2.47. The van der Waals surface area contributed by atoms with Crippen molar-refractivity contribution in [3.8, 4) is 0 Å². The van der Waals surface area contributed by atoms with Gasteiger partial charge in [0.1, 0.15) is 5.78 Å². The number of ketones is 1. The molecular weight excluding hydrogens is 140 g/mol. The molecule has 0 aromatic heterocycles. The summed E-state index contributed by atoms with van der Waals surface area (Å²) < 4.78 is 0. The third-order valence-corrected chi connectivity index (χ3v) is 3.39. The molecule has 62 valence electrons. The van der Waals surface area contributed by atoms with Crippen LogP contribution in [-0.2, 0) is 4.79 Å². The lowest BCUT2D eigenvalue weighted by Gasteiger charge is -2.44. The summed E-state index contributed by atoms with van der Waals surface area (Å²) in [6.07, 6.45) is 4.84. The van der Waals surface area contributed by atoms with Crippen molar-refractivity contribution in [1.82, 2.24) is 0 Å². The lowest BCUT2D eigenvalue weighted by molar-refractivity contribution is -0.135. The van der Waals surface area contributed by atoms with Gasteiger partial charge in [-0.3, -0.25) is 4.79 Å². The summed E-state index contributed by atoms with van der Waals surface area (Å²) in [6.45, 7) is 0.214. The number of Topliss-reactive ketones (excluding diaryl/α,β-unsaturated/α-hetero) is 1. The summed E-state index contributed by atoms with van der Waals surface area (Å²) in [5.74, 6) is 0.750. The zero-order valence-corrected chi connectivity index (χ0v) is 6.68. The van der Waals surface area contributed by atoms with Gasteiger partial charge < -0.3 is 5.11 Å². The van der Waals surface area contributed by atoms with E-state index in [0.29, 0.717) is 18.1 Å². The molecule has 2 bridgehead atoms. The summed E-state index contributed by atoms with van der Waals surface area (Å²) in [4.78, 5) is 11.3. The van der Waals surface area contributed by atoms with Crippen LogP contribution < -0.4 is 0 Å². The van der Waals surface area contributed by atoms with E-state index in [1.54, 1.807) is 0 Å². The Morgan fingerprint density at radius 3 is 2.45 bits per heavy atom. The first-order valence-electron chi connectivity index (χ1n) is 4.39. The van der Waals surface area contributed by atoms with Gasteiger partial charge in [0.2, 0.25) is 0 Å². The summed E-state index contributed by atoms with van der Waals surface area (Å²) >= 11 is 0. The van der Waals surface area contributed by atoms with Gasteiger partial charge in [0.25, 0.3) is 0 Å². The van der Waals surface area contributed by atoms with E-state index in [-0.39, 0.29) is 12.0 Å². The van der Waals surface area contributed by atoms with Crippen LogP contribution in [0.3, 0.4) is 0 Å². The minimum absolute atomic E-state index is 0.00579. The number of carbonyl (C=O) groups excluding carboxylic acids is 1. The van der Waals surface area contributed by atoms with E-state index in [1.165, 1.54) is 0 Å². The summed E-state index contributed by atoms with van der Waals surface area (Å²) in [5, 5.41) is 9.13. The van der Waals surface area contributed by atoms with Crippen molar-refractivity contribution in [2.24, 2.45) is 11.3 Å². The third kappa shape index (κ3) is 1.00. The second kappa shape index (κ2) is 2.31. The van der Waals surface area contributed by atoms with E-state index in [1.807, 2.05) is 0 Å². The molecule has 0 spiro atoms. The molecular formula is C9H14O2. The van der Waals surface area contributed by atoms with Gasteiger partial charge in [0, 0.05) is 24.4 Å². The second-order valence-electron chi connectivity index (χ2n) is 4.08. The van der Waals surface area contributed by atoms with Crippen molar-refractivity contribution < 1.29 is 9.90 Å². The average molecular weight is 154 g/mol. The van der Waals surface area contributed by atoms with Crippen LogP contribution >= 0.6 is 0 Å². The molecule has 0 amide bonds. The van der Waals surface area contributed by atoms with Gasteiger partial charge in [-0.05, 0) is 25.7 Å². The molecule has 2 nitrogen and oxygen atoms in total. The van der Waals surface area contributed by atoms with Crippen LogP contribution in [0.15, 0.2) is 0 Å². The lowest BCUT2D eigenvalue weighted by Crippen LogP contribution is -2.42. The summed E-state index contributed by atoms with van der Waals surface area (Å²) in [5.41, 5.74) is 0.00579. The number of aliphatic hydroxyl groups is 1. The summed E-state index contributed by atoms with van der Waals surface area (Å²) in [6, 6.07) is 0. The van der Waals surface area contributed by atoms with E-state index in [2.05, 4.69) is 0 Å². The first kappa shape index (κ1) is 7.29. The highest BCUT2D eigenvalue weighted by Gasteiger charge is 2.44. The highest BCUT2D eigenvalue weighted by atomic mass is 16.3. The van der Waals surface area contributed by atoms with Crippen LogP contribution in [0.25, 0.3) is 0 Å². The maximum absolute atomic E-state index is 11.3.